The van der Waals surface area contributed by atoms with E-state index in [0.717, 1.165) is 31.7 Å². The number of anilines is 1. The molecular formula is C15H23N3O. The number of hydrogen-bond donors (Lipinski definition) is 2. The molecule has 0 radical (unpaired) electrons. The van der Waals surface area contributed by atoms with Gasteiger partial charge in [-0.05, 0) is 30.7 Å². The first-order valence-corrected chi connectivity index (χ1v) is 7.09. The van der Waals surface area contributed by atoms with Gasteiger partial charge in [-0.1, -0.05) is 26.0 Å². The summed E-state index contributed by atoms with van der Waals surface area (Å²) in [6, 6.07) is 8.99. The highest BCUT2D eigenvalue weighted by Crippen LogP contribution is 2.21. The van der Waals surface area contributed by atoms with Crippen molar-refractivity contribution in [3.63, 3.8) is 0 Å². The molecule has 1 aromatic rings. The van der Waals surface area contributed by atoms with E-state index in [0.29, 0.717) is 12.6 Å². The van der Waals surface area contributed by atoms with Crippen LogP contribution in [0, 0.1) is 0 Å². The number of nitrogens with zero attached hydrogens (tertiary/aromatic N) is 1. The van der Waals surface area contributed by atoms with Crippen molar-refractivity contribution in [3.8, 4) is 0 Å². The van der Waals surface area contributed by atoms with Crippen molar-refractivity contribution in [1.29, 1.82) is 0 Å². The van der Waals surface area contributed by atoms with E-state index in [1.54, 1.807) is 0 Å². The lowest BCUT2D eigenvalue weighted by Gasteiger charge is -2.29. The van der Waals surface area contributed by atoms with Crippen LogP contribution in [-0.2, 0) is 4.79 Å². The normalized spacial score (nSPS) is 17.2. The minimum atomic E-state index is 0.106. The predicted octanol–water partition coefficient (Wildman–Crippen LogP) is 1.68. The van der Waals surface area contributed by atoms with Gasteiger partial charge in [0.15, 0.2) is 0 Å². The monoisotopic (exact) mass is 261 g/mol. The Bertz CT molecular complexity index is 416. The quantitative estimate of drug-likeness (QED) is 0.847. The fourth-order valence-electron chi connectivity index (χ4n) is 2.52. The van der Waals surface area contributed by atoms with Gasteiger partial charge in [0.2, 0.25) is 5.91 Å². The van der Waals surface area contributed by atoms with E-state index in [1.165, 1.54) is 5.56 Å². The zero-order valence-corrected chi connectivity index (χ0v) is 11.8. The number of carbonyl (C=O) groups is 1. The van der Waals surface area contributed by atoms with Gasteiger partial charge in [-0.25, -0.2) is 0 Å². The van der Waals surface area contributed by atoms with Crippen LogP contribution in [0.1, 0.15) is 31.9 Å². The Labute approximate surface area is 115 Å². The maximum absolute atomic E-state index is 11.4. The van der Waals surface area contributed by atoms with E-state index in [9.17, 15) is 4.79 Å². The Balaban J connectivity index is 2.06. The first-order chi connectivity index (χ1) is 9.24. The van der Waals surface area contributed by atoms with Crippen LogP contribution < -0.4 is 15.5 Å². The lowest BCUT2D eigenvalue weighted by Crippen LogP contribution is -2.47. The summed E-state index contributed by atoms with van der Waals surface area (Å²) in [6.07, 6.45) is 1.08. The average Bonchev–Trinajstić information content (AvgIpc) is 2.45. The molecule has 0 saturated carbocycles. The number of benzene rings is 1. The van der Waals surface area contributed by atoms with Crippen molar-refractivity contribution >= 4 is 11.6 Å². The van der Waals surface area contributed by atoms with Crippen LogP contribution in [0.5, 0.6) is 0 Å². The minimum Gasteiger partial charge on any atom is -0.360 e. The summed E-state index contributed by atoms with van der Waals surface area (Å²) in [5, 5.41) is 6.32. The molecule has 1 saturated heterocycles. The zero-order valence-electron chi connectivity index (χ0n) is 11.8. The van der Waals surface area contributed by atoms with Crippen molar-refractivity contribution in [2.24, 2.45) is 0 Å². The molecule has 1 aromatic carbocycles. The molecule has 1 aliphatic heterocycles. The van der Waals surface area contributed by atoms with Crippen molar-refractivity contribution in [2.45, 2.75) is 26.3 Å². The molecular weight excluding hydrogens is 238 g/mol. The van der Waals surface area contributed by atoms with Crippen molar-refractivity contribution in [2.75, 3.05) is 31.1 Å². The second-order valence-electron chi connectivity index (χ2n) is 4.88. The van der Waals surface area contributed by atoms with Gasteiger partial charge in [-0.15, -0.1) is 0 Å². The number of nitrogens with one attached hydrogen (secondary N) is 2. The van der Waals surface area contributed by atoms with Crippen LogP contribution in [0.2, 0.25) is 0 Å². The molecule has 0 aliphatic carbocycles. The number of rotatable bonds is 5. The molecule has 104 valence electrons. The molecule has 0 aromatic heterocycles. The highest BCUT2D eigenvalue weighted by molar-refractivity contribution is 5.82. The van der Waals surface area contributed by atoms with Crippen molar-refractivity contribution in [1.82, 2.24) is 10.6 Å². The maximum Gasteiger partial charge on any atom is 0.239 e. The van der Waals surface area contributed by atoms with Crippen LogP contribution >= 0.6 is 0 Å². The minimum absolute atomic E-state index is 0.106. The number of hydrogen-bond acceptors (Lipinski definition) is 3. The van der Waals surface area contributed by atoms with Crippen LogP contribution in [0.25, 0.3) is 0 Å². The van der Waals surface area contributed by atoms with E-state index < -0.39 is 0 Å². The second kappa shape index (κ2) is 6.57. The summed E-state index contributed by atoms with van der Waals surface area (Å²) >= 11 is 0. The Morgan fingerprint density at radius 1 is 1.32 bits per heavy atom. The van der Waals surface area contributed by atoms with Crippen LogP contribution in [-0.4, -0.2) is 32.1 Å². The largest absolute Gasteiger partial charge is 0.360 e. The molecule has 0 bridgehead atoms. The van der Waals surface area contributed by atoms with E-state index >= 15 is 0 Å². The third-order valence-corrected chi connectivity index (χ3v) is 3.56. The molecule has 0 spiro atoms. The standard InChI is InChI=1S/C15H23N3O/c1-3-14(16-4-2)12-5-7-13(8-6-12)18-10-9-17-15(19)11-18/h5-8,14,16H,3-4,9-11H2,1-2H3,(H,17,19). The van der Waals surface area contributed by atoms with Gasteiger partial charge in [0, 0.05) is 24.8 Å². The van der Waals surface area contributed by atoms with Crippen molar-refractivity contribution < 1.29 is 4.79 Å². The smallest absolute Gasteiger partial charge is 0.239 e. The third kappa shape index (κ3) is 3.47. The summed E-state index contributed by atoms with van der Waals surface area (Å²) in [5.41, 5.74) is 2.44. The highest BCUT2D eigenvalue weighted by Gasteiger charge is 2.16. The SMILES string of the molecule is CCNC(CC)c1ccc(N2CCNC(=O)C2)cc1. The molecule has 1 fully saturated rings. The third-order valence-electron chi connectivity index (χ3n) is 3.56. The van der Waals surface area contributed by atoms with Gasteiger partial charge in [0.25, 0.3) is 0 Å². The molecule has 2 N–H and O–H groups in total. The van der Waals surface area contributed by atoms with Gasteiger partial charge in [0.1, 0.15) is 0 Å². The Hall–Kier alpha value is -1.55. The number of amides is 1. The number of carbonyl (C=O) groups excluding carboxylic acids is 1. The molecule has 4 nitrogen and oxygen atoms in total. The van der Waals surface area contributed by atoms with E-state index in [1.807, 2.05) is 0 Å². The molecule has 1 atom stereocenters. The lowest BCUT2D eigenvalue weighted by molar-refractivity contribution is -0.120. The van der Waals surface area contributed by atoms with E-state index in [2.05, 4.69) is 53.6 Å². The fourth-order valence-corrected chi connectivity index (χ4v) is 2.52. The van der Waals surface area contributed by atoms with E-state index in [-0.39, 0.29) is 5.91 Å². The predicted molar refractivity (Wildman–Crippen MR) is 78.4 cm³/mol. The summed E-state index contributed by atoms with van der Waals surface area (Å²) < 4.78 is 0. The summed E-state index contributed by atoms with van der Waals surface area (Å²) in [5.74, 6) is 0.106. The summed E-state index contributed by atoms with van der Waals surface area (Å²) in [7, 11) is 0. The molecule has 19 heavy (non-hydrogen) atoms. The second-order valence-corrected chi connectivity index (χ2v) is 4.88. The number of piperazine rings is 1. The summed E-state index contributed by atoms with van der Waals surface area (Å²) in [6.45, 7) is 7.38. The van der Waals surface area contributed by atoms with Gasteiger partial charge >= 0.3 is 0 Å². The topological polar surface area (TPSA) is 44.4 Å². The molecule has 1 unspecified atom stereocenters. The zero-order chi connectivity index (χ0) is 13.7. The molecule has 1 amide bonds. The average molecular weight is 261 g/mol. The Morgan fingerprint density at radius 3 is 2.63 bits per heavy atom. The van der Waals surface area contributed by atoms with Gasteiger partial charge in [0.05, 0.1) is 6.54 Å². The van der Waals surface area contributed by atoms with Gasteiger partial charge < -0.3 is 15.5 Å². The summed E-state index contributed by atoms with van der Waals surface area (Å²) in [4.78, 5) is 13.5. The van der Waals surface area contributed by atoms with E-state index in [4.69, 9.17) is 0 Å². The van der Waals surface area contributed by atoms with Gasteiger partial charge in [-0.2, -0.15) is 0 Å². The van der Waals surface area contributed by atoms with Gasteiger partial charge in [-0.3, -0.25) is 4.79 Å². The van der Waals surface area contributed by atoms with Crippen LogP contribution in [0.3, 0.4) is 0 Å². The first-order valence-electron chi connectivity index (χ1n) is 7.09. The molecule has 1 aliphatic rings. The van der Waals surface area contributed by atoms with Crippen molar-refractivity contribution in [3.05, 3.63) is 29.8 Å². The Kier molecular flexibility index (Phi) is 4.80. The molecule has 1 heterocycles. The highest BCUT2D eigenvalue weighted by atomic mass is 16.2. The fraction of sp³-hybridized carbons (Fsp3) is 0.533. The van der Waals surface area contributed by atoms with Crippen LogP contribution in [0.15, 0.2) is 24.3 Å². The molecule has 2 rings (SSSR count). The Morgan fingerprint density at radius 2 is 2.05 bits per heavy atom. The molecule has 4 heteroatoms. The first kappa shape index (κ1) is 13.9. The lowest BCUT2D eigenvalue weighted by atomic mass is 10.0. The van der Waals surface area contributed by atoms with Crippen LogP contribution in [0.4, 0.5) is 5.69 Å². The maximum atomic E-state index is 11.4.